The first kappa shape index (κ1) is 29.3. The van der Waals surface area contributed by atoms with E-state index in [9.17, 15) is 23.5 Å². The van der Waals surface area contributed by atoms with Crippen molar-refractivity contribution in [1.82, 2.24) is 19.4 Å². The van der Waals surface area contributed by atoms with Gasteiger partial charge in [-0.2, -0.15) is 4.98 Å². The number of aromatic nitrogens is 2. The van der Waals surface area contributed by atoms with Crippen molar-refractivity contribution in [2.75, 3.05) is 44.2 Å². The van der Waals surface area contributed by atoms with E-state index in [-0.39, 0.29) is 77.3 Å². The molecule has 0 radical (unpaired) electrons. The predicted molar refractivity (Wildman–Crippen MR) is 157 cm³/mol. The summed E-state index contributed by atoms with van der Waals surface area (Å²) >= 11 is 6.80. The van der Waals surface area contributed by atoms with E-state index in [0.29, 0.717) is 24.3 Å². The van der Waals surface area contributed by atoms with Crippen LogP contribution in [0.5, 0.6) is 11.5 Å². The van der Waals surface area contributed by atoms with Crippen molar-refractivity contribution in [2.45, 2.75) is 44.3 Å². The molecule has 1 amide bonds. The van der Waals surface area contributed by atoms with E-state index < -0.39 is 30.0 Å². The highest BCUT2D eigenvalue weighted by Gasteiger charge is 2.41. The van der Waals surface area contributed by atoms with Gasteiger partial charge >= 0.3 is 5.69 Å². The number of ether oxygens (including phenoxy) is 1. The number of amides is 1. The van der Waals surface area contributed by atoms with Crippen LogP contribution in [0.25, 0.3) is 22.0 Å². The standard InChI is InChI=1S/C30H31ClF3N5O4/c1-4-23(41)37-11-17(3)38(12-16(37)2)28-19-10-20(31)24(25-21(32)6-5-7-22(25)40)27-26(19)39(29(42)35-28)18(14-43-27)13-36-9-8-30(33,34)15-36/h4-7,10,16-18,40H,1,8-9,11-15H2,2-3H3/t16-,17+,18+/m1/s1. The molecule has 2 aromatic carbocycles. The summed E-state index contributed by atoms with van der Waals surface area (Å²) in [6.45, 7) is 7.84. The molecule has 3 aliphatic rings. The second-order valence-electron chi connectivity index (χ2n) is 11.5. The maximum absolute atomic E-state index is 15.2. The van der Waals surface area contributed by atoms with Crippen molar-refractivity contribution in [2.24, 2.45) is 0 Å². The third-order valence-corrected chi connectivity index (χ3v) is 8.85. The van der Waals surface area contributed by atoms with Crippen LogP contribution in [-0.4, -0.2) is 87.7 Å². The van der Waals surface area contributed by atoms with Gasteiger partial charge in [0.15, 0.2) is 5.75 Å². The van der Waals surface area contributed by atoms with Crippen molar-refractivity contribution in [3.8, 4) is 22.6 Å². The zero-order valence-corrected chi connectivity index (χ0v) is 24.5. The fourth-order valence-electron chi connectivity index (χ4n) is 6.51. The summed E-state index contributed by atoms with van der Waals surface area (Å²) in [6.07, 6.45) is 0.987. The first-order valence-corrected chi connectivity index (χ1v) is 14.5. The number of piperazine rings is 1. The zero-order chi connectivity index (χ0) is 30.8. The molecule has 13 heteroatoms. The van der Waals surface area contributed by atoms with Gasteiger partial charge in [0.1, 0.15) is 24.0 Å². The molecule has 228 valence electrons. The molecular weight excluding hydrogens is 587 g/mol. The van der Waals surface area contributed by atoms with E-state index in [1.807, 2.05) is 18.7 Å². The molecule has 0 spiro atoms. The fraction of sp³-hybridized carbons (Fsp3) is 0.433. The number of alkyl halides is 2. The number of hydrogen-bond acceptors (Lipinski definition) is 7. The number of carbonyl (C=O) groups is 1. The maximum Gasteiger partial charge on any atom is 0.350 e. The van der Waals surface area contributed by atoms with Gasteiger partial charge in [0.05, 0.1) is 34.3 Å². The van der Waals surface area contributed by atoms with Crippen LogP contribution in [0.15, 0.2) is 41.7 Å². The molecule has 3 aliphatic heterocycles. The van der Waals surface area contributed by atoms with E-state index in [0.717, 1.165) is 0 Å². The van der Waals surface area contributed by atoms with Gasteiger partial charge in [-0.25, -0.2) is 18.0 Å². The minimum absolute atomic E-state index is 0.0648. The number of nitrogens with zero attached hydrogens (tertiary/aromatic N) is 5. The Kier molecular flexibility index (Phi) is 7.32. The number of aromatic hydroxyl groups is 1. The molecule has 6 rings (SSSR count). The van der Waals surface area contributed by atoms with Gasteiger partial charge in [-0.05, 0) is 38.1 Å². The molecule has 4 heterocycles. The lowest BCUT2D eigenvalue weighted by molar-refractivity contribution is -0.128. The van der Waals surface area contributed by atoms with Crippen molar-refractivity contribution in [3.05, 3.63) is 58.2 Å². The van der Waals surface area contributed by atoms with Gasteiger partial charge in [0, 0.05) is 50.1 Å². The Morgan fingerprint density at radius 1 is 1.26 bits per heavy atom. The van der Waals surface area contributed by atoms with Crippen LogP contribution in [0, 0.1) is 5.82 Å². The number of carbonyl (C=O) groups excluding carboxylic acids is 1. The molecule has 1 N–H and O–H groups in total. The normalized spacial score (nSPS) is 23.4. The number of anilines is 1. The number of phenols is 1. The third-order valence-electron chi connectivity index (χ3n) is 8.56. The number of benzene rings is 2. The summed E-state index contributed by atoms with van der Waals surface area (Å²) in [5.41, 5.74) is -0.454. The van der Waals surface area contributed by atoms with Crippen LogP contribution in [0.2, 0.25) is 5.02 Å². The molecule has 43 heavy (non-hydrogen) atoms. The van der Waals surface area contributed by atoms with E-state index in [1.165, 1.54) is 28.8 Å². The number of likely N-dealkylation sites (tertiary alicyclic amines) is 1. The second-order valence-corrected chi connectivity index (χ2v) is 11.9. The van der Waals surface area contributed by atoms with Crippen molar-refractivity contribution in [3.63, 3.8) is 0 Å². The van der Waals surface area contributed by atoms with Gasteiger partial charge in [0.2, 0.25) is 5.91 Å². The van der Waals surface area contributed by atoms with Gasteiger partial charge in [0.25, 0.3) is 5.92 Å². The van der Waals surface area contributed by atoms with Crippen LogP contribution in [-0.2, 0) is 4.79 Å². The van der Waals surface area contributed by atoms with Gasteiger partial charge in [-0.15, -0.1) is 0 Å². The Morgan fingerprint density at radius 2 is 2.02 bits per heavy atom. The van der Waals surface area contributed by atoms with Gasteiger partial charge < -0.3 is 19.6 Å². The Morgan fingerprint density at radius 3 is 2.70 bits per heavy atom. The molecule has 0 unspecified atom stereocenters. The van der Waals surface area contributed by atoms with Crippen molar-refractivity contribution in [1.29, 1.82) is 0 Å². The molecule has 0 aliphatic carbocycles. The average Bonchev–Trinajstić information content (AvgIpc) is 3.30. The zero-order valence-electron chi connectivity index (χ0n) is 23.7. The summed E-state index contributed by atoms with van der Waals surface area (Å²) in [5.74, 6) is -3.73. The van der Waals surface area contributed by atoms with Gasteiger partial charge in [-0.1, -0.05) is 24.2 Å². The van der Waals surface area contributed by atoms with Crippen LogP contribution >= 0.6 is 11.6 Å². The first-order valence-electron chi connectivity index (χ1n) is 14.1. The minimum atomic E-state index is -2.82. The highest BCUT2D eigenvalue weighted by Crippen LogP contribution is 2.49. The van der Waals surface area contributed by atoms with Crippen molar-refractivity contribution < 1.29 is 27.8 Å². The van der Waals surface area contributed by atoms with Crippen LogP contribution < -0.4 is 15.3 Å². The SMILES string of the molecule is C=CC(=O)N1C[C@H](C)N(c2nc(=O)n3c4c(c(-c5c(O)cccc5F)c(Cl)cc24)OC[C@@H]3CN2CCC(F)(F)C2)C[C@H]1C. The molecule has 0 bridgehead atoms. The third kappa shape index (κ3) is 5.00. The number of hydrogen-bond donors (Lipinski definition) is 1. The Balaban J connectivity index is 1.55. The molecule has 9 nitrogen and oxygen atoms in total. The monoisotopic (exact) mass is 617 g/mol. The maximum atomic E-state index is 15.2. The van der Waals surface area contributed by atoms with Crippen LogP contribution in [0.4, 0.5) is 19.0 Å². The predicted octanol–water partition coefficient (Wildman–Crippen LogP) is 4.45. The second kappa shape index (κ2) is 10.7. The fourth-order valence-corrected chi connectivity index (χ4v) is 6.80. The highest BCUT2D eigenvalue weighted by atomic mass is 35.5. The van der Waals surface area contributed by atoms with Crippen molar-refractivity contribution >= 4 is 34.2 Å². The topological polar surface area (TPSA) is 91.1 Å². The Hall–Kier alpha value is -3.77. The molecule has 3 atom stereocenters. The summed E-state index contributed by atoms with van der Waals surface area (Å²) in [6, 6.07) is 4.26. The van der Waals surface area contributed by atoms with Crippen LogP contribution in [0.3, 0.4) is 0 Å². The van der Waals surface area contributed by atoms with Gasteiger partial charge in [-0.3, -0.25) is 14.3 Å². The number of halogens is 4. The first-order chi connectivity index (χ1) is 20.4. The van der Waals surface area contributed by atoms with Crippen LogP contribution in [0.1, 0.15) is 26.3 Å². The molecule has 0 saturated carbocycles. The number of phenolic OH excluding ortho intramolecular Hbond substituents is 1. The van der Waals surface area contributed by atoms with E-state index in [4.69, 9.17) is 16.3 Å². The van der Waals surface area contributed by atoms with E-state index >= 15 is 4.39 Å². The summed E-state index contributed by atoms with van der Waals surface area (Å²) in [5, 5.41) is 11.2. The lowest BCUT2D eigenvalue weighted by atomic mass is 9.98. The quantitative estimate of drug-likeness (QED) is 0.423. The minimum Gasteiger partial charge on any atom is -0.507 e. The summed E-state index contributed by atoms with van der Waals surface area (Å²) in [7, 11) is 0. The highest BCUT2D eigenvalue weighted by molar-refractivity contribution is 6.35. The van der Waals surface area contributed by atoms with E-state index in [2.05, 4.69) is 11.6 Å². The molecule has 2 fully saturated rings. The number of rotatable bonds is 5. The lowest BCUT2D eigenvalue weighted by Gasteiger charge is -2.45. The largest absolute Gasteiger partial charge is 0.507 e. The lowest BCUT2D eigenvalue weighted by Crippen LogP contribution is -2.58. The Bertz CT molecular complexity index is 1680. The Labute approximate surface area is 250 Å². The molecule has 3 aromatic rings. The smallest absolute Gasteiger partial charge is 0.350 e. The summed E-state index contributed by atoms with van der Waals surface area (Å²) < 4.78 is 50.8. The molecule has 2 saturated heterocycles. The summed E-state index contributed by atoms with van der Waals surface area (Å²) in [4.78, 5) is 36.0. The van der Waals surface area contributed by atoms with E-state index in [1.54, 1.807) is 15.9 Å². The molecule has 1 aromatic heterocycles. The average molecular weight is 618 g/mol. The molecular formula is C30H31ClF3N5O4.